The molecule has 0 spiro atoms. The number of carbonyl (C=O) groups excluding carboxylic acids is 2. The van der Waals surface area contributed by atoms with Crippen LogP contribution in [0.25, 0.3) is 0 Å². The number of carbonyl (C=O) groups is 2. The van der Waals surface area contributed by atoms with Crippen molar-refractivity contribution in [3.05, 3.63) is 70.4 Å². The average Bonchev–Trinajstić information content (AvgIpc) is 2.90. The number of halogens is 1. The lowest BCUT2D eigenvalue weighted by Crippen LogP contribution is -2.37. The fourth-order valence-electron chi connectivity index (χ4n) is 3.49. The SMILES string of the molecule is COc1ccccc1N1C(=O)C(Cl)=C(N2CCc3ccccc3C2)C1=O. The number of amides is 2. The van der Waals surface area contributed by atoms with Crippen molar-refractivity contribution in [1.29, 1.82) is 0 Å². The van der Waals surface area contributed by atoms with Crippen LogP contribution in [0.1, 0.15) is 11.1 Å². The van der Waals surface area contributed by atoms with Crippen LogP contribution in [-0.2, 0) is 22.6 Å². The van der Waals surface area contributed by atoms with Crippen LogP contribution < -0.4 is 9.64 Å². The highest BCUT2D eigenvalue weighted by Crippen LogP contribution is 2.37. The first kappa shape index (κ1) is 16.7. The molecule has 0 saturated heterocycles. The minimum Gasteiger partial charge on any atom is -0.495 e. The number of ether oxygens (including phenoxy) is 1. The number of rotatable bonds is 3. The second-order valence-corrected chi connectivity index (χ2v) is 6.60. The summed E-state index contributed by atoms with van der Waals surface area (Å²) in [4.78, 5) is 28.8. The smallest absolute Gasteiger partial charge is 0.283 e. The lowest BCUT2D eigenvalue weighted by molar-refractivity contribution is -0.121. The molecule has 0 unspecified atom stereocenters. The largest absolute Gasteiger partial charge is 0.495 e. The van der Waals surface area contributed by atoms with E-state index < -0.39 is 11.8 Å². The number of benzene rings is 2. The monoisotopic (exact) mass is 368 g/mol. The molecule has 0 radical (unpaired) electrons. The van der Waals surface area contributed by atoms with Crippen LogP contribution >= 0.6 is 11.6 Å². The Morgan fingerprint density at radius 1 is 0.962 bits per heavy atom. The predicted molar refractivity (Wildman–Crippen MR) is 98.9 cm³/mol. The highest BCUT2D eigenvalue weighted by Gasteiger charge is 2.42. The van der Waals surface area contributed by atoms with Crippen LogP contribution in [0.2, 0.25) is 0 Å². The van der Waals surface area contributed by atoms with Gasteiger partial charge in [-0.15, -0.1) is 0 Å². The van der Waals surface area contributed by atoms with E-state index in [-0.39, 0.29) is 10.7 Å². The normalized spacial score (nSPS) is 17.0. The maximum Gasteiger partial charge on any atom is 0.283 e. The van der Waals surface area contributed by atoms with E-state index in [1.807, 2.05) is 23.1 Å². The molecule has 0 atom stereocenters. The first-order chi connectivity index (χ1) is 12.6. The van der Waals surface area contributed by atoms with E-state index in [0.29, 0.717) is 24.5 Å². The molecule has 0 aromatic heterocycles. The number of hydrogen-bond acceptors (Lipinski definition) is 4. The molecule has 5 nitrogen and oxygen atoms in total. The fourth-order valence-corrected chi connectivity index (χ4v) is 3.77. The average molecular weight is 369 g/mol. The van der Waals surface area contributed by atoms with Crippen LogP contribution in [0.15, 0.2) is 59.3 Å². The zero-order valence-corrected chi connectivity index (χ0v) is 15.0. The predicted octanol–water partition coefficient (Wildman–Crippen LogP) is 3.08. The number of hydrogen-bond donors (Lipinski definition) is 0. The van der Waals surface area contributed by atoms with Gasteiger partial charge in [-0.25, -0.2) is 4.90 Å². The summed E-state index contributed by atoms with van der Waals surface area (Å²) >= 11 is 6.31. The van der Waals surface area contributed by atoms with E-state index in [1.165, 1.54) is 12.7 Å². The van der Waals surface area contributed by atoms with Crippen LogP contribution in [-0.4, -0.2) is 30.4 Å². The van der Waals surface area contributed by atoms with E-state index in [2.05, 4.69) is 6.07 Å². The highest BCUT2D eigenvalue weighted by atomic mass is 35.5. The van der Waals surface area contributed by atoms with Crippen molar-refractivity contribution in [3.8, 4) is 5.75 Å². The van der Waals surface area contributed by atoms with E-state index in [9.17, 15) is 9.59 Å². The van der Waals surface area contributed by atoms with Crippen molar-refractivity contribution in [2.75, 3.05) is 18.6 Å². The first-order valence-electron chi connectivity index (χ1n) is 8.35. The molecular formula is C20H17ClN2O3. The third kappa shape index (κ3) is 2.56. The lowest BCUT2D eigenvalue weighted by atomic mass is 9.99. The molecule has 2 amide bonds. The minimum absolute atomic E-state index is 0.0414. The molecule has 0 aliphatic carbocycles. The maximum absolute atomic E-state index is 13.1. The summed E-state index contributed by atoms with van der Waals surface area (Å²) in [6.07, 6.45) is 0.806. The second-order valence-electron chi connectivity index (χ2n) is 6.22. The number of para-hydroxylation sites is 2. The van der Waals surface area contributed by atoms with Gasteiger partial charge in [0.2, 0.25) is 0 Å². The third-order valence-electron chi connectivity index (χ3n) is 4.78. The molecular weight excluding hydrogens is 352 g/mol. The van der Waals surface area contributed by atoms with Gasteiger partial charge < -0.3 is 9.64 Å². The maximum atomic E-state index is 13.1. The van der Waals surface area contributed by atoms with E-state index in [4.69, 9.17) is 16.3 Å². The van der Waals surface area contributed by atoms with Gasteiger partial charge in [0.25, 0.3) is 11.8 Å². The Labute approximate surface area is 156 Å². The Balaban J connectivity index is 1.68. The van der Waals surface area contributed by atoms with Crippen molar-refractivity contribution in [2.45, 2.75) is 13.0 Å². The van der Waals surface area contributed by atoms with Crippen molar-refractivity contribution < 1.29 is 14.3 Å². The van der Waals surface area contributed by atoms with Crippen molar-refractivity contribution in [3.63, 3.8) is 0 Å². The van der Waals surface area contributed by atoms with Crippen molar-refractivity contribution >= 4 is 29.1 Å². The van der Waals surface area contributed by atoms with Gasteiger partial charge in [0.05, 0.1) is 12.8 Å². The van der Waals surface area contributed by atoms with Crippen LogP contribution in [0.3, 0.4) is 0 Å². The van der Waals surface area contributed by atoms with Gasteiger partial charge in [-0.2, -0.15) is 0 Å². The van der Waals surface area contributed by atoms with Gasteiger partial charge in [-0.3, -0.25) is 9.59 Å². The zero-order valence-electron chi connectivity index (χ0n) is 14.2. The molecule has 132 valence electrons. The molecule has 2 aliphatic heterocycles. The Bertz CT molecular complexity index is 938. The van der Waals surface area contributed by atoms with Crippen LogP contribution in [0, 0.1) is 0 Å². The van der Waals surface area contributed by atoms with E-state index in [0.717, 1.165) is 16.9 Å². The Morgan fingerprint density at radius 2 is 1.65 bits per heavy atom. The standard InChI is InChI=1S/C20H17ClN2O3/c1-26-16-9-5-4-8-15(16)23-19(24)17(21)18(20(23)25)22-11-10-13-6-2-3-7-14(13)12-22/h2-9H,10-12H2,1H3. The summed E-state index contributed by atoms with van der Waals surface area (Å²) in [7, 11) is 1.50. The summed E-state index contributed by atoms with van der Waals surface area (Å²) in [5, 5.41) is -0.0414. The quantitative estimate of drug-likeness (QED) is 0.781. The Hall–Kier alpha value is -2.79. The van der Waals surface area contributed by atoms with E-state index >= 15 is 0 Å². The fraction of sp³-hybridized carbons (Fsp3) is 0.200. The van der Waals surface area contributed by atoms with Gasteiger partial charge in [0.1, 0.15) is 16.5 Å². The van der Waals surface area contributed by atoms with Gasteiger partial charge in [-0.1, -0.05) is 48.0 Å². The van der Waals surface area contributed by atoms with Gasteiger partial charge in [0, 0.05) is 13.1 Å². The lowest BCUT2D eigenvalue weighted by Gasteiger charge is -2.31. The van der Waals surface area contributed by atoms with Gasteiger partial charge >= 0.3 is 0 Å². The molecule has 2 aliphatic rings. The number of anilines is 1. The summed E-state index contributed by atoms with van der Waals surface area (Å²) in [6.45, 7) is 1.20. The Kier molecular flexibility index (Phi) is 4.17. The Morgan fingerprint density at radius 3 is 2.42 bits per heavy atom. The summed E-state index contributed by atoms with van der Waals surface area (Å²) in [5.74, 6) is -0.484. The molecule has 0 fully saturated rings. The van der Waals surface area contributed by atoms with Gasteiger partial charge in [-0.05, 0) is 29.7 Å². The number of methoxy groups -OCH3 is 1. The van der Waals surface area contributed by atoms with Crippen LogP contribution in [0.4, 0.5) is 5.69 Å². The van der Waals surface area contributed by atoms with E-state index in [1.54, 1.807) is 24.3 Å². The van der Waals surface area contributed by atoms with Crippen molar-refractivity contribution in [1.82, 2.24) is 4.90 Å². The third-order valence-corrected chi connectivity index (χ3v) is 5.12. The van der Waals surface area contributed by atoms with Gasteiger partial charge in [0.15, 0.2) is 0 Å². The molecule has 2 aromatic carbocycles. The number of nitrogens with zero attached hydrogens (tertiary/aromatic N) is 2. The zero-order chi connectivity index (χ0) is 18.3. The number of fused-ring (bicyclic) bond motifs is 1. The number of imide groups is 1. The molecule has 0 N–H and O–H groups in total. The molecule has 0 saturated carbocycles. The topological polar surface area (TPSA) is 49.9 Å². The molecule has 26 heavy (non-hydrogen) atoms. The summed E-state index contributed by atoms with van der Waals surface area (Å²) in [5.41, 5.74) is 3.07. The molecule has 6 heteroatoms. The summed E-state index contributed by atoms with van der Waals surface area (Å²) in [6, 6.07) is 15.0. The van der Waals surface area contributed by atoms with Crippen molar-refractivity contribution in [2.24, 2.45) is 0 Å². The molecule has 2 heterocycles. The second kappa shape index (κ2) is 6.50. The minimum atomic E-state index is -0.518. The molecule has 0 bridgehead atoms. The highest BCUT2D eigenvalue weighted by molar-refractivity contribution is 6.52. The molecule has 2 aromatic rings. The summed E-state index contributed by atoms with van der Waals surface area (Å²) < 4.78 is 5.30. The first-order valence-corrected chi connectivity index (χ1v) is 8.73. The van der Waals surface area contributed by atoms with Crippen LogP contribution in [0.5, 0.6) is 5.75 Å². The molecule has 4 rings (SSSR count).